The first-order valence-corrected chi connectivity index (χ1v) is 9.23. The third-order valence-corrected chi connectivity index (χ3v) is 5.08. The Kier molecular flexibility index (Phi) is 5.86. The highest BCUT2D eigenvalue weighted by Gasteiger charge is 2.21. The van der Waals surface area contributed by atoms with Crippen molar-refractivity contribution in [3.8, 4) is 6.07 Å². The minimum Gasteiger partial charge on any atom is -0.393 e. The van der Waals surface area contributed by atoms with Crippen LogP contribution in [0.4, 0.5) is 11.8 Å². The van der Waals surface area contributed by atoms with Crippen molar-refractivity contribution in [1.29, 1.82) is 5.26 Å². The molecule has 2 fully saturated rings. The Balaban J connectivity index is 1.70. The Bertz CT molecular complexity index is 579. The highest BCUT2D eigenvalue weighted by molar-refractivity contribution is 5.54. The van der Waals surface area contributed by atoms with Gasteiger partial charge in [-0.25, -0.2) is 4.98 Å². The summed E-state index contributed by atoms with van der Waals surface area (Å²) in [5.41, 5.74) is 0.461. The van der Waals surface area contributed by atoms with E-state index < -0.39 is 0 Å². The fourth-order valence-corrected chi connectivity index (χ4v) is 3.73. The molecule has 2 saturated carbocycles. The van der Waals surface area contributed by atoms with E-state index >= 15 is 0 Å². The fraction of sp³-hybridized carbons (Fsp3) is 0.722. The first kappa shape index (κ1) is 17.0. The van der Waals surface area contributed by atoms with Crippen LogP contribution in [-0.4, -0.2) is 33.3 Å². The van der Waals surface area contributed by atoms with Gasteiger partial charge in [0.15, 0.2) is 0 Å². The van der Waals surface area contributed by atoms with Gasteiger partial charge in [0.05, 0.1) is 12.3 Å². The molecule has 0 unspecified atom stereocenters. The summed E-state index contributed by atoms with van der Waals surface area (Å²) in [5, 5.41) is 26.1. The second-order valence-corrected chi connectivity index (χ2v) is 7.06. The minimum absolute atomic E-state index is 0.159. The minimum atomic E-state index is -0.266. The van der Waals surface area contributed by atoms with Gasteiger partial charge < -0.3 is 15.7 Å². The summed E-state index contributed by atoms with van der Waals surface area (Å²) in [6, 6.07) is 2.75. The summed E-state index contributed by atoms with van der Waals surface area (Å²) in [6.45, 7) is 0. The number of aliphatic hydroxyl groups is 1. The van der Waals surface area contributed by atoms with E-state index in [1.54, 1.807) is 6.20 Å². The largest absolute Gasteiger partial charge is 0.393 e. The zero-order valence-corrected chi connectivity index (χ0v) is 14.2. The van der Waals surface area contributed by atoms with Crippen LogP contribution in [0.1, 0.15) is 69.8 Å². The average Bonchev–Trinajstić information content (AvgIpc) is 2.80. The molecule has 24 heavy (non-hydrogen) atoms. The molecule has 2 atom stereocenters. The summed E-state index contributed by atoms with van der Waals surface area (Å²) in [4.78, 5) is 8.85. The molecule has 6 heteroatoms. The van der Waals surface area contributed by atoms with E-state index in [0.29, 0.717) is 29.8 Å². The molecule has 3 N–H and O–H groups in total. The van der Waals surface area contributed by atoms with Gasteiger partial charge >= 0.3 is 0 Å². The Morgan fingerprint density at radius 2 is 1.71 bits per heavy atom. The summed E-state index contributed by atoms with van der Waals surface area (Å²) in [7, 11) is 0. The van der Waals surface area contributed by atoms with Crippen LogP contribution in [0.3, 0.4) is 0 Å². The van der Waals surface area contributed by atoms with Crippen LogP contribution in [-0.2, 0) is 0 Å². The number of nitrogens with one attached hydrogen (secondary N) is 2. The second kappa shape index (κ2) is 8.29. The quantitative estimate of drug-likeness (QED) is 0.734. The van der Waals surface area contributed by atoms with E-state index in [-0.39, 0.29) is 12.1 Å². The number of hydrogen-bond donors (Lipinski definition) is 3. The molecule has 0 saturated heterocycles. The third-order valence-electron chi connectivity index (χ3n) is 5.08. The summed E-state index contributed by atoms with van der Waals surface area (Å²) in [6.07, 6.45) is 12.2. The maximum Gasteiger partial charge on any atom is 0.224 e. The number of aliphatic hydroxyl groups excluding tert-OH is 1. The van der Waals surface area contributed by atoms with Crippen molar-refractivity contribution in [1.82, 2.24) is 9.97 Å². The van der Waals surface area contributed by atoms with Crippen molar-refractivity contribution in [3.63, 3.8) is 0 Å². The number of anilines is 2. The summed E-state index contributed by atoms with van der Waals surface area (Å²) >= 11 is 0. The lowest BCUT2D eigenvalue weighted by atomic mass is 9.96. The summed E-state index contributed by atoms with van der Waals surface area (Å²) < 4.78 is 0. The zero-order chi connectivity index (χ0) is 16.8. The van der Waals surface area contributed by atoms with Crippen molar-refractivity contribution >= 4 is 11.8 Å². The molecule has 0 radical (unpaired) electrons. The van der Waals surface area contributed by atoms with Crippen LogP contribution in [0.2, 0.25) is 0 Å². The molecule has 0 aliphatic heterocycles. The van der Waals surface area contributed by atoms with Crippen molar-refractivity contribution in [3.05, 3.63) is 11.8 Å². The van der Waals surface area contributed by atoms with Gasteiger partial charge in [0.2, 0.25) is 5.95 Å². The lowest BCUT2D eigenvalue weighted by Crippen LogP contribution is -2.26. The molecule has 2 aliphatic carbocycles. The standard InChI is InChI=1S/C18H27N5O/c19-11-13-12-20-18(22-14-6-2-1-3-7-14)23-17(13)21-15-8-4-5-9-16(24)10-15/h12,14-16,24H,1-10H2,(H2,20,21,22,23)/t15-,16+/m1/s1. The second-order valence-electron chi connectivity index (χ2n) is 7.06. The SMILES string of the molecule is N#Cc1cnc(NC2CCCCC2)nc1N[C@@H]1CCCC[C@H](O)C1. The molecule has 2 aliphatic rings. The molecule has 0 bridgehead atoms. The number of nitriles is 1. The zero-order valence-electron chi connectivity index (χ0n) is 14.2. The van der Waals surface area contributed by atoms with Gasteiger partial charge in [-0.3, -0.25) is 0 Å². The van der Waals surface area contributed by atoms with Crippen molar-refractivity contribution < 1.29 is 5.11 Å². The molecule has 6 nitrogen and oxygen atoms in total. The topological polar surface area (TPSA) is 93.9 Å². The van der Waals surface area contributed by atoms with Gasteiger partial charge in [0.25, 0.3) is 0 Å². The normalized spacial score (nSPS) is 25.5. The number of aromatic nitrogens is 2. The van der Waals surface area contributed by atoms with Crippen LogP contribution in [0.15, 0.2) is 6.20 Å². The van der Waals surface area contributed by atoms with Crippen molar-refractivity contribution in [2.75, 3.05) is 10.6 Å². The van der Waals surface area contributed by atoms with Gasteiger partial charge in [0.1, 0.15) is 17.5 Å². The number of rotatable bonds is 4. The Morgan fingerprint density at radius 3 is 2.50 bits per heavy atom. The van der Waals surface area contributed by atoms with Gasteiger partial charge in [-0.2, -0.15) is 10.2 Å². The van der Waals surface area contributed by atoms with Crippen LogP contribution in [0, 0.1) is 11.3 Å². The highest BCUT2D eigenvalue weighted by atomic mass is 16.3. The Morgan fingerprint density at radius 1 is 1.00 bits per heavy atom. The Hall–Kier alpha value is -1.87. The third kappa shape index (κ3) is 4.57. The van der Waals surface area contributed by atoms with Gasteiger partial charge in [-0.15, -0.1) is 0 Å². The van der Waals surface area contributed by atoms with E-state index in [0.717, 1.165) is 38.5 Å². The maximum absolute atomic E-state index is 9.98. The molecule has 1 heterocycles. The van der Waals surface area contributed by atoms with E-state index in [1.807, 2.05) is 0 Å². The molecule has 0 spiro atoms. The molecular formula is C18H27N5O. The molecule has 1 aromatic heterocycles. The average molecular weight is 329 g/mol. The predicted molar refractivity (Wildman–Crippen MR) is 93.7 cm³/mol. The van der Waals surface area contributed by atoms with Crippen molar-refractivity contribution in [2.45, 2.75) is 82.4 Å². The first-order valence-electron chi connectivity index (χ1n) is 9.23. The molecule has 0 aromatic carbocycles. The lowest BCUT2D eigenvalue weighted by Gasteiger charge is -2.23. The molecule has 130 valence electrons. The Labute approximate surface area is 143 Å². The van der Waals surface area contributed by atoms with Crippen molar-refractivity contribution in [2.24, 2.45) is 0 Å². The van der Waals surface area contributed by atoms with Gasteiger partial charge in [-0.1, -0.05) is 32.1 Å². The first-order chi connectivity index (χ1) is 11.7. The summed E-state index contributed by atoms with van der Waals surface area (Å²) in [5.74, 6) is 1.18. The fourth-order valence-electron chi connectivity index (χ4n) is 3.73. The van der Waals surface area contributed by atoms with Crippen LogP contribution in [0.5, 0.6) is 0 Å². The number of hydrogen-bond acceptors (Lipinski definition) is 6. The predicted octanol–water partition coefficient (Wildman–Crippen LogP) is 3.20. The van der Waals surface area contributed by atoms with Crippen LogP contribution in [0.25, 0.3) is 0 Å². The smallest absolute Gasteiger partial charge is 0.224 e. The highest BCUT2D eigenvalue weighted by Crippen LogP contribution is 2.24. The lowest BCUT2D eigenvalue weighted by molar-refractivity contribution is 0.154. The van der Waals surface area contributed by atoms with E-state index in [4.69, 9.17) is 0 Å². The van der Waals surface area contributed by atoms with Crippen LogP contribution < -0.4 is 10.6 Å². The molecule has 3 rings (SSSR count). The molecular weight excluding hydrogens is 302 g/mol. The van der Waals surface area contributed by atoms with E-state index in [2.05, 4.69) is 26.7 Å². The monoisotopic (exact) mass is 329 g/mol. The van der Waals surface area contributed by atoms with Gasteiger partial charge in [0, 0.05) is 12.1 Å². The number of nitrogens with zero attached hydrogens (tertiary/aromatic N) is 3. The van der Waals surface area contributed by atoms with Gasteiger partial charge in [-0.05, 0) is 32.1 Å². The van der Waals surface area contributed by atoms with Crippen LogP contribution >= 0.6 is 0 Å². The van der Waals surface area contributed by atoms with E-state index in [9.17, 15) is 10.4 Å². The van der Waals surface area contributed by atoms with E-state index in [1.165, 1.54) is 19.3 Å². The molecule has 0 amide bonds. The molecule has 1 aromatic rings. The maximum atomic E-state index is 9.98.